The van der Waals surface area contributed by atoms with Crippen molar-refractivity contribution in [2.45, 2.75) is 45.0 Å². The lowest BCUT2D eigenvalue weighted by Gasteiger charge is -2.11. The van der Waals surface area contributed by atoms with Crippen molar-refractivity contribution in [3.05, 3.63) is 76.2 Å². The molecule has 0 aliphatic carbocycles. The fraction of sp³-hybridized carbons (Fsp3) is 0.304. The molecule has 5 nitrogen and oxygen atoms in total. The van der Waals surface area contributed by atoms with E-state index in [9.17, 15) is 9.90 Å². The first-order chi connectivity index (χ1) is 17.9. The van der Waals surface area contributed by atoms with Gasteiger partial charge >= 0.3 is 0 Å². The highest BCUT2D eigenvalue weighted by Crippen LogP contribution is 2.21. The maximum Gasteiger partial charge on any atom is 0.230 e. The van der Waals surface area contributed by atoms with E-state index in [2.05, 4.69) is 10.3 Å². The minimum absolute atomic E-state index is 0.0194. The fourth-order valence-electron chi connectivity index (χ4n) is 2.36. The van der Waals surface area contributed by atoms with Crippen LogP contribution in [0.4, 0.5) is 10.8 Å². The normalized spacial score (nSPS) is 19.0. The summed E-state index contributed by atoms with van der Waals surface area (Å²) in [5, 5.41) is 13.8. The molecule has 0 bridgehead atoms. The molecule has 0 saturated carbocycles. The Balaban J connectivity index is 1.73. The largest absolute Gasteiger partial charge is 0.388 e. The number of aryl methyl sites for hydroxylation is 1. The van der Waals surface area contributed by atoms with Crippen LogP contribution in [-0.4, -0.2) is 16.0 Å². The molecule has 0 aliphatic heterocycles. The van der Waals surface area contributed by atoms with Gasteiger partial charge in [0.2, 0.25) is 5.91 Å². The SMILES string of the molecule is [2H]c1sc(N)nc1CC(=O)Nc1ccc(CC([2H])([2H])CC([2H])([2H])[C@]([2H])(O)c2c([2H])c([2H])c(C)c([2H])c2[2H])cc1. The summed E-state index contributed by atoms with van der Waals surface area (Å²) in [5.41, 5.74) is 5.75. The second kappa shape index (κ2) is 10.2. The van der Waals surface area contributed by atoms with Gasteiger partial charge in [0.05, 0.1) is 26.4 Å². The predicted molar refractivity (Wildman–Crippen MR) is 119 cm³/mol. The quantitative estimate of drug-likeness (QED) is 0.471. The van der Waals surface area contributed by atoms with Gasteiger partial charge in [-0.2, -0.15) is 0 Å². The van der Waals surface area contributed by atoms with Gasteiger partial charge in [0.1, 0.15) is 0 Å². The molecule has 0 unspecified atom stereocenters. The second-order valence-electron chi connectivity index (χ2n) is 6.15. The highest BCUT2D eigenvalue weighted by molar-refractivity contribution is 7.13. The molecule has 0 saturated heterocycles. The Morgan fingerprint density at radius 3 is 2.72 bits per heavy atom. The first-order valence-corrected chi connectivity index (χ1v) is 9.58. The standard InChI is InChI=1S/C23H27N3O2S/c1-16-6-10-18(11-7-16)21(27)5-3-2-4-17-8-12-19(13-9-17)25-22(28)14-20-15-29-23(24)26-20/h6-13,15,21,27H,2-5,14H2,1H3,(H2,24,26)(H,25,28)/t21-/m0/s1/i2D2,5D2,6D,7D,10D,11D,15D,21D. The summed E-state index contributed by atoms with van der Waals surface area (Å²) in [6, 6.07) is 3.54. The molecule has 29 heavy (non-hydrogen) atoms. The van der Waals surface area contributed by atoms with E-state index in [-0.39, 0.29) is 34.6 Å². The van der Waals surface area contributed by atoms with Crippen LogP contribution in [0, 0.1) is 6.92 Å². The van der Waals surface area contributed by atoms with Crippen LogP contribution in [0.15, 0.2) is 53.8 Å². The lowest BCUT2D eigenvalue weighted by molar-refractivity contribution is -0.115. The average molecular weight is 420 g/mol. The van der Waals surface area contributed by atoms with Gasteiger partial charge in [-0.05, 0) is 49.4 Å². The Hall–Kier alpha value is -2.70. The number of thiazole rings is 1. The third-order valence-electron chi connectivity index (χ3n) is 3.78. The number of hydrogen-bond donors (Lipinski definition) is 3. The van der Waals surface area contributed by atoms with Crippen molar-refractivity contribution >= 4 is 28.1 Å². The van der Waals surface area contributed by atoms with Crippen LogP contribution in [0.2, 0.25) is 0 Å². The number of carbonyl (C=O) groups excluding carboxylic acids is 1. The summed E-state index contributed by atoms with van der Waals surface area (Å²) in [4.78, 5) is 16.2. The molecule has 4 N–H and O–H groups in total. The zero-order chi connectivity index (χ0) is 29.5. The van der Waals surface area contributed by atoms with Crippen LogP contribution in [0.3, 0.4) is 0 Å². The van der Waals surface area contributed by atoms with Crippen LogP contribution >= 0.6 is 11.3 Å². The van der Waals surface area contributed by atoms with Gasteiger partial charge < -0.3 is 16.2 Å². The average Bonchev–Trinajstić information content (AvgIpc) is 3.12. The number of benzene rings is 2. The molecule has 3 rings (SSSR count). The van der Waals surface area contributed by atoms with E-state index in [1.807, 2.05) is 0 Å². The Labute approximate surface area is 189 Å². The van der Waals surface area contributed by atoms with Gasteiger partial charge in [-0.1, -0.05) is 48.3 Å². The number of anilines is 2. The number of carbonyl (C=O) groups is 1. The van der Waals surface area contributed by atoms with Gasteiger partial charge in [-0.3, -0.25) is 4.79 Å². The molecule has 6 heteroatoms. The maximum atomic E-state index is 12.3. The topological polar surface area (TPSA) is 88.2 Å². The monoisotopic (exact) mass is 419 g/mol. The van der Waals surface area contributed by atoms with E-state index in [1.165, 1.54) is 31.2 Å². The van der Waals surface area contributed by atoms with Gasteiger partial charge in [-0.25, -0.2) is 4.98 Å². The third kappa shape index (κ3) is 6.69. The third-order valence-corrected chi connectivity index (χ3v) is 4.42. The number of nitrogens with one attached hydrogen (secondary N) is 1. The summed E-state index contributed by atoms with van der Waals surface area (Å²) in [7, 11) is 0. The molecule has 1 aromatic heterocycles. The summed E-state index contributed by atoms with van der Waals surface area (Å²) in [5.74, 6) is -0.426. The Morgan fingerprint density at radius 1 is 1.34 bits per heavy atom. The van der Waals surface area contributed by atoms with Crippen molar-refractivity contribution in [2.75, 3.05) is 11.1 Å². The van der Waals surface area contributed by atoms with Crippen LogP contribution in [-0.2, 0) is 17.6 Å². The van der Waals surface area contributed by atoms with Crippen LogP contribution in [0.5, 0.6) is 0 Å². The van der Waals surface area contributed by atoms with Gasteiger partial charge in [0.25, 0.3) is 0 Å². The summed E-state index contributed by atoms with van der Waals surface area (Å²) in [6.07, 6.45) is -10.0. The predicted octanol–water partition coefficient (Wildman–Crippen LogP) is 4.66. The number of hydrogen-bond acceptors (Lipinski definition) is 5. The number of nitrogens with two attached hydrogens (primary N) is 1. The smallest absolute Gasteiger partial charge is 0.230 e. The van der Waals surface area contributed by atoms with Crippen LogP contribution in [0.1, 0.15) is 61.3 Å². The van der Waals surface area contributed by atoms with Crippen LogP contribution < -0.4 is 11.1 Å². The zero-order valence-corrected chi connectivity index (χ0v) is 16.5. The minimum atomic E-state index is -3.27. The molecule has 1 atom stereocenters. The van der Waals surface area contributed by atoms with Gasteiger partial charge in [-0.15, -0.1) is 11.3 Å². The van der Waals surface area contributed by atoms with Crippen molar-refractivity contribution < 1.29 is 23.6 Å². The van der Waals surface area contributed by atoms with Crippen LogP contribution in [0.25, 0.3) is 0 Å². The molecule has 0 spiro atoms. The van der Waals surface area contributed by atoms with E-state index < -0.39 is 60.9 Å². The number of nitrogen functional groups attached to an aromatic ring is 1. The first kappa shape index (κ1) is 11.5. The van der Waals surface area contributed by atoms with Crippen molar-refractivity contribution in [2.24, 2.45) is 0 Å². The van der Waals surface area contributed by atoms with Gasteiger partial charge in [0.15, 0.2) is 5.13 Å². The Bertz CT molecular complexity index is 1360. The summed E-state index contributed by atoms with van der Waals surface area (Å²) in [6.45, 7) is 1.34. The summed E-state index contributed by atoms with van der Waals surface area (Å²) < 4.78 is 81.5. The number of aromatic nitrogens is 1. The van der Waals surface area contributed by atoms with Crippen molar-refractivity contribution in [3.63, 3.8) is 0 Å². The molecule has 152 valence electrons. The zero-order valence-electron chi connectivity index (χ0n) is 25.7. The molecule has 0 radical (unpaired) electrons. The van der Waals surface area contributed by atoms with Gasteiger partial charge in [0, 0.05) is 16.5 Å². The van der Waals surface area contributed by atoms with E-state index in [4.69, 9.17) is 19.4 Å². The number of aliphatic hydroxyl groups is 1. The summed E-state index contributed by atoms with van der Waals surface area (Å²) >= 11 is 0.960. The number of amides is 1. The molecule has 3 aromatic rings. The minimum Gasteiger partial charge on any atom is -0.388 e. The lowest BCUT2D eigenvalue weighted by atomic mass is 10.0. The van der Waals surface area contributed by atoms with E-state index >= 15 is 0 Å². The number of rotatable bonds is 9. The molecule has 1 heterocycles. The Kier molecular flexibility index (Phi) is 4.03. The highest BCUT2D eigenvalue weighted by atomic mass is 32.1. The van der Waals surface area contributed by atoms with Crippen molar-refractivity contribution in [1.82, 2.24) is 4.98 Å². The van der Waals surface area contributed by atoms with E-state index in [0.717, 1.165) is 11.3 Å². The molecule has 2 aromatic carbocycles. The molecular weight excluding hydrogens is 382 g/mol. The molecule has 0 aliphatic rings. The lowest BCUT2D eigenvalue weighted by Crippen LogP contribution is -2.14. The van der Waals surface area contributed by atoms with Crippen molar-refractivity contribution in [1.29, 1.82) is 0 Å². The van der Waals surface area contributed by atoms with Crippen molar-refractivity contribution in [3.8, 4) is 0 Å². The molecule has 0 fully saturated rings. The fourth-order valence-corrected chi connectivity index (χ4v) is 2.86. The highest BCUT2D eigenvalue weighted by Gasteiger charge is 2.08. The Morgan fingerprint density at radius 2 is 2.07 bits per heavy atom. The van der Waals surface area contributed by atoms with E-state index in [1.54, 1.807) is 0 Å². The molecule has 1 amide bonds. The second-order valence-corrected chi connectivity index (χ2v) is 6.98. The maximum absolute atomic E-state index is 12.3. The molecular formula is C23H27N3O2S. The number of nitrogens with zero attached hydrogens (tertiary/aromatic N) is 1. The van der Waals surface area contributed by atoms with E-state index in [0.29, 0.717) is 11.3 Å². The first-order valence-electron chi connectivity index (χ1n) is 13.8.